The van der Waals surface area contributed by atoms with Crippen molar-refractivity contribution >= 4 is 30.1 Å². The number of rotatable bonds is 4. The first-order chi connectivity index (χ1) is 7.02. The summed E-state index contributed by atoms with van der Waals surface area (Å²) < 4.78 is 0. The highest BCUT2D eigenvalue weighted by Crippen LogP contribution is 2.22. The molecule has 1 amide bonds. The molecule has 0 aromatic carbocycles. The Morgan fingerprint density at radius 1 is 1.56 bits per heavy atom. The number of hydrogen-bond acceptors (Lipinski definition) is 3. The van der Waals surface area contributed by atoms with Gasteiger partial charge in [-0.2, -0.15) is 11.8 Å². The predicted octanol–water partition coefficient (Wildman–Crippen LogP) is 1.75. The number of thioether (sulfide) groups is 1. The highest BCUT2D eigenvalue weighted by Gasteiger charge is 2.27. The summed E-state index contributed by atoms with van der Waals surface area (Å²) in [5.41, 5.74) is 5.89. The molecule has 1 rings (SSSR count). The lowest BCUT2D eigenvalue weighted by molar-refractivity contribution is -0.133. The third kappa shape index (κ3) is 4.52. The van der Waals surface area contributed by atoms with Crippen LogP contribution in [0.1, 0.15) is 26.7 Å². The van der Waals surface area contributed by atoms with Gasteiger partial charge in [-0.25, -0.2) is 0 Å². The molecular weight excluding hydrogens is 244 g/mol. The summed E-state index contributed by atoms with van der Waals surface area (Å²) in [6, 6.07) is 0.0845. The van der Waals surface area contributed by atoms with E-state index in [2.05, 4.69) is 13.8 Å². The number of nitrogens with two attached hydrogens (primary N) is 1. The first kappa shape index (κ1) is 16.1. The van der Waals surface area contributed by atoms with Crippen LogP contribution in [0.25, 0.3) is 0 Å². The fourth-order valence-corrected chi connectivity index (χ4v) is 3.15. The molecule has 1 aliphatic rings. The quantitative estimate of drug-likeness (QED) is 0.843. The van der Waals surface area contributed by atoms with Crippen molar-refractivity contribution in [2.24, 2.45) is 11.7 Å². The van der Waals surface area contributed by atoms with E-state index in [0.717, 1.165) is 18.6 Å². The lowest BCUT2D eigenvalue weighted by Gasteiger charge is -2.27. The van der Waals surface area contributed by atoms with Crippen molar-refractivity contribution in [2.45, 2.75) is 38.8 Å². The van der Waals surface area contributed by atoms with E-state index in [1.807, 2.05) is 23.7 Å². The van der Waals surface area contributed by atoms with Gasteiger partial charge >= 0.3 is 0 Å². The summed E-state index contributed by atoms with van der Waals surface area (Å²) in [4.78, 5) is 13.8. The van der Waals surface area contributed by atoms with Crippen LogP contribution < -0.4 is 5.73 Å². The number of carbonyl (C=O) groups excluding carboxylic acids is 1. The second-order valence-electron chi connectivity index (χ2n) is 4.70. The molecule has 3 nitrogen and oxygen atoms in total. The molecule has 0 aliphatic carbocycles. The number of hydrogen-bond donors (Lipinski definition) is 1. The van der Waals surface area contributed by atoms with Crippen LogP contribution in [0, 0.1) is 5.92 Å². The average Bonchev–Trinajstić information content (AvgIpc) is 2.67. The van der Waals surface area contributed by atoms with Gasteiger partial charge in [0.2, 0.25) is 5.91 Å². The molecule has 2 atom stereocenters. The van der Waals surface area contributed by atoms with Crippen LogP contribution in [0.5, 0.6) is 0 Å². The van der Waals surface area contributed by atoms with E-state index >= 15 is 0 Å². The SMILES string of the molecule is CC(C)C[C@H](N)C(=O)N(C)C1CCSC1.Cl. The Morgan fingerprint density at radius 3 is 2.62 bits per heavy atom. The third-order valence-corrected chi connectivity index (χ3v) is 3.99. The Kier molecular flexibility index (Phi) is 7.44. The average molecular weight is 267 g/mol. The Bertz CT molecular complexity index is 220. The van der Waals surface area contributed by atoms with E-state index in [9.17, 15) is 4.79 Å². The fourth-order valence-electron chi connectivity index (χ4n) is 1.88. The van der Waals surface area contributed by atoms with Crippen molar-refractivity contribution in [3.63, 3.8) is 0 Å². The van der Waals surface area contributed by atoms with E-state index < -0.39 is 0 Å². The van der Waals surface area contributed by atoms with Gasteiger partial charge < -0.3 is 10.6 Å². The van der Waals surface area contributed by atoms with Crippen molar-refractivity contribution in [1.29, 1.82) is 0 Å². The van der Waals surface area contributed by atoms with Crippen molar-refractivity contribution in [3.05, 3.63) is 0 Å². The molecule has 0 radical (unpaired) electrons. The maximum Gasteiger partial charge on any atom is 0.239 e. The van der Waals surface area contributed by atoms with Gasteiger partial charge in [0.15, 0.2) is 0 Å². The largest absolute Gasteiger partial charge is 0.341 e. The number of halogens is 1. The molecule has 5 heteroatoms. The molecular formula is C11H23ClN2OS. The van der Waals surface area contributed by atoms with E-state index in [0.29, 0.717) is 12.0 Å². The highest BCUT2D eigenvalue weighted by atomic mass is 35.5. The van der Waals surface area contributed by atoms with Gasteiger partial charge in [-0.15, -0.1) is 12.4 Å². The number of likely N-dealkylation sites (N-methyl/N-ethyl adjacent to an activating group) is 1. The lowest BCUT2D eigenvalue weighted by atomic mass is 10.0. The standard InChI is InChI=1S/C11H22N2OS.ClH/c1-8(2)6-10(12)11(14)13(3)9-4-5-15-7-9;/h8-10H,4-7,12H2,1-3H3;1H/t9?,10-;/m0./s1. The summed E-state index contributed by atoms with van der Waals surface area (Å²) in [7, 11) is 1.89. The predicted molar refractivity (Wildman–Crippen MR) is 73.2 cm³/mol. The van der Waals surface area contributed by atoms with Crippen LogP contribution in [0.3, 0.4) is 0 Å². The normalized spacial score (nSPS) is 21.7. The van der Waals surface area contributed by atoms with Gasteiger partial charge in [-0.1, -0.05) is 13.8 Å². The number of carbonyl (C=O) groups is 1. The van der Waals surface area contributed by atoms with E-state index in [4.69, 9.17) is 5.73 Å². The zero-order chi connectivity index (χ0) is 11.4. The molecule has 0 bridgehead atoms. The Labute approximate surface area is 109 Å². The molecule has 0 aromatic rings. The Hall–Kier alpha value is 0.0700. The zero-order valence-corrected chi connectivity index (χ0v) is 11.9. The van der Waals surface area contributed by atoms with Crippen LogP contribution in [-0.4, -0.2) is 41.4 Å². The van der Waals surface area contributed by atoms with Crippen molar-refractivity contribution < 1.29 is 4.79 Å². The maximum absolute atomic E-state index is 12.0. The van der Waals surface area contributed by atoms with Crippen LogP contribution in [0.4, 0.5) is 0 Å². The fraction of sp³-hybridized carbons (Fsp3) is 0.909. The molecule has 0 aromatic heterocycles. The molecule has 96 valence electrons. The van der Waals surface area contributed by atoms with Gasteiger partial charge in [-0.3, -0.25) is 4.79 Å². The molecule has 0 saturated carbocycles. The minimum absolute atomic E-state index is 0. The number of nitrogens with zero attached hydrogens (tertiary/aromatic N) is 1. The summed E-state index contributed by atoms with van der Waals surface area (Å²) in [6.07, 6.45) is 1.89. The third-order valence-electron chi connectivity index (χ3n) is 2.84. The molecule has 1 fully saturated rings. The van der Waals surface area contributed by atoms with Crippen LogP contribution in [0.15, 0.2) is 0 Å². The molecule has 1 heterocycles. The molecule has 1 saturated heterocycles. The van der Waals surface area contributed by atoms with Gasteiger partial charge in [0.25, 0.3) is 0 Å². The van der Waals surface area contributed by atoms with Crippen molar-refractivity contribution in [1.82, 2.24) is 4.90 Å². The van der Waals surface area contributed by atoms with E-state index in [-0.39, 0.29) is 24.4 Å². The summed E-state index contributed by atoms with van der Waals surface area (Å²) in [6.45, 7) is 4.19. The van der Waals surface area contributed by atoms with Crippen LogP contribution in [0.2, 0.25) is 0 Å². The summed E-state index contributed by atoms with van der Waals surface area (Å²) in [5, 5.41) is 0. The summed E-state index contributed by atoms with van der Waals surface area (Å²) >= 11 is 1.92. The minimum atomic E-state index is -0.319. The topological polar surface area (TPSA) is 46.3 Å². The smallest absolute Gasteiger partial charge is 0.239 e. The zero-order valence-electron chi connectivity index (χ0n) is 10.3. The highest BCUT2D eigenvalue weighted by molar-refractivity contribution is 7.99. The monoisotopic (exact) mass is 266 g/mol. The minimum Gasteiger partial charge on any atom is -0.341 e. The number of amides is 1. The molecule has 1 aliphatic heterocycles. The molecule has 2 N–H and O–H groups in total. The van der Waals surface area contributed by atoms with Crippen molar-refractivity contribution in [2.75, 3.05) is 18.6 Å². The summed E-state index contributed by atoms with van der Waals surface area (Å²) in [5.74, 6) is 2.82. The maximum atomic E-state index is 12.0. The van der Waals surface area contributed by atoms with Crippen molar-refractivity contribution in [3.8, 4) is 0 Å². The van der Waals surface area contributed by atoms with E-state index in [1.165, 1.54) is 5.75 Å². The first-order valence-corrected chi connectivity index (χ1v) is 6.77. The molecule has 16 heavy (non-hydrogen) atoms. The second kappa shape index (κ2) is 7.41. The van der Waals surface area contributed by atoms with Gasteiger partial charge in [-0.05, 0) is 24.5 Å². The molecule has 1 unspecified atom stereocenters. The Morgan fingerprint density at radius 2 is 2.19 bits per heavy atom. The van der Waals surface area contributed by atoms with E-state index in [1.54, 1.807) is 0 Å². The van der Waals surface area contributed by atoms with Gasteiger partial charge in [0, 0.05) is 18.8 Å². The van der Waals surface area contributed by atoms with Crippen LogP contribution >= 0.6 is 24.2 Å². The van der Waals surface area contributed by atoms with Gasteiger partial charge in [0.05, 0.1) is 6.04 Å². The lowest BCUT2D eigenvalue weighted by Crippen LogP contribution is -2.47. The Balaban J connectivity index is 0.00000225. The molecule has 0 spiro atoms. The first-order valence-electron chi connectivity index (χ1n) is 5.62. The van der Waals surface area contributed by atoms with Gasteiger partial charge in [0.1, 0.15) is 0 Å². The second-order valence-corrected chi connectivity index (χ2v) is 5.85. The van der Waals surface area contributed by atoms with Crippen LogP contribution in [-0.2, 0) is 4.79 Å².